The van der Waals surface area contributed by atoms with Crippen molar-refractivity contribution in [3.8, 4) is 11.1 Å². The number of hydrogen-bond acceptors (Lipinski definition) is 5. The lowest BCUT2D eigenvalue weighted by atomic mass is 9.99. The molecule has 4 rings (SSSR count). The van der Waals surface area contributed by atoms with Gasteiger partial charge in [0.05, 0.1) is 18.2 Å². The van der Waals surface area contributed by atoms with E-state index in [-0.39, 0.29) is 12.3 Å². The maximum Gasteiger partial charge on any atom is 0.340 e. The summed E-state index contributed by atoms with van der Waals surface area (Å²) in [7, 11) is 1.61. The number of halogens is 1. The number of amides is 1. The summed E-state index contributed by atoms with van der Waals surface area (Å²) in [6.45, 7) is 2.89. The molecular weight excluding hydrogens is 418 g/mol. The third-order valence-corrected chi connectivity index (χ3v) is 5.57. The summed E-state index contributed by atoms with van der Waals surface area (Å²) in [6, 6.07) is 11.2. The van der Waals surface area contributed by atoms with E-state index in [1.807, 2.05) is 37.3 Å². The first-order valence-electron chi connectivity index (χ1n) is 9.97. The van der Waals surface area contributed by atoms with Crippen LogP contribution in [0.25, 0.3) is 33.1 Å². The normalized spacial score (nSPS) is 11.3. The fourth-order valence-electron chi connectivity index (χ4n) is 3.63. The summed E-state index contributed by atoms with van der Waals surface area (Å²) in [6.07, 6.45) is 2.35. The van der Waals surface area contributed by atoms with E-state index in [0.29, 0.717) is 41.3 Å². The van der Waals surface area contributed by atoms with Gasteiger partial charge in [-0.1, -0.05) is 23.7 Å². The minimum atomic E-state index is -0.513. The van der Waals surface area contributed by atoms with Crippen molar-refractivity contribution in [2.75, 3.05) is 20.3 Å². The number of rotatable bonds is 7. The van der Waals surface area contributed by atoms with Gasteiger partial charge in [0.2, 0.25) is 5.91 Å². The van der Waals surface area contributed by atoms with E-state index in [1.165, 1.54) is 0 Å². The first-order valence-corrected chi connectivity index (χ1v) is 10.3. The van der Waals surface area contributed by atoms with Crippen molar-refractivity contribution in [3.63, 3.8) is 0 Å². The molecule has 0 aliphatic heterocycles. The molecule has 0 aliphatic rings. The molecule has 0 saturated carbocycles. The predicted octanol–water partition coefficient (Wildman–Crippen LogP) is 4.86. The van der Waals surface area contributed by atoms with Gasteiger partial charge in [0.1, 0.15) is 11.2 Å². The number of fused-ring (bicyclic) bond motifs is 2. The molecule has 6 nitrogen and oxygen atoms in total. The molecule has 160 valence electrons. The predicted molar refractivity (Wildman–Crippen MR) is 121 cm³/mol. The van der Waals surface area contributed by atoms with Crippen LogP contribution in [0.15, 0.2) is 56.3 Å². The second kappa shape index (κ2) is 8.96. The number of methoxy groups -OCH3 is 1. The molecule has 0 bridgehead atoms. The summed E-state index contributed by atoms with van der Waals surface area (Å²) >= 11 is 6.01. The summed E-state index contributed by atoms with van der Waals surface area (Å²) in [5.41, 5.74) is 3.49. The molecule has 2 aromatic carbocycles. The van der Waals surface area contributed by atoms with E-state index in [0.717, 1.165) is 27.5 Å². The Bertz CT molecular complexity index is 1300. The van der Waals surface area contributed by atoms with Gasteiger partial charge in [-0.15, -0.1) is 0 Å². The van der Waals surface area contributed by atoms with Crippen molar-refractivity contribution in [3.05, 3.63) is 69.2 Å². The van der Waals surface area contributed by atoms with Gasteiger partial charge < -0.3 is 18.9 Å². The highest BCUT2D eigenvalue weighted by atomic mass is 35.5. The summed E-state index contributed by atoms with van der Waals surface area (Å²) < 4.78 is 16.2. The van der Waals surface area contributed by atoms with Crippen LogP contribution in [0.5, 0.6) is 0 Å². The van der Waals surface area contributed by atoms with Gasteiger partial charge in [0.15, 0.2) is 0 Å². The largest absolute Gasteiger partial charge is 0.464 e. The highest BCUT2D eigenvalue weighted by Gasteiger charge is 2.17. The Balaban J connectivity index is 1.72. The van der Waals surface area contributed by atoms with Crippen molar-refractivity contribution in [1.82, 2.24) is 5.32 Å². The van der Waals surface area contributed by atoms with E-state index in [2.05, 4.69) is 5.32 Å². The van der Waals surface area contributed by atoms with Gasteiger partial charge in [0, 0.05) is 47.7 Å². The third kappa shape index (κ3) is 4.36. The molecule has 0 atom stereocenters. The number of carbonyl (C=O) groups is 1. The summed E-state index contributed by atoms with van der Waals surface area (Å²) in [5.74, 6) is -0.225. The molecule has 2 heterocycles. The zero-order valence-electron chi connectivity index (χ0n) is 17.3. The van der Waals surface area contributed by atoms with Crippen LogP contribution < -0.4 is 10.9 Å². The average molecular weight is 440 g/mol. The van der Waals surface area contributed by atoms with Crippen LogP contribution in [0, 0.1) is 6.92 Å². The Morgan fingerprint density at radius 1 is 1.13 bits per heavy atom. The van der Waals surface area contributed by atoms with Crippen LogP contribution >= 0.6 is 11.6 Å². The Labute approximate surface area is 183 Å². The van der Waals surface area contributed by atoms with Gasteiger partial charge in [-0.25, -0.2) is 4.79 Å². The Hall–Kier alpha value is -3.09. The van der Waals surface area contributed by atoms with Gasteiger partial charge in [-0.05, 0) is 42.7 Å². The minimum Gasteiger partial charge on any atom is -0.464 e. The molecule has 2 aromatic heterocycles. The smallest absolute Gasteiger partial charge is 0.340 e. The Morgan fingerprint density at radius 3 is 2.65 bits per heavy atom. The van der Waals surface area contributed by atoms with Crippen LogP contribution in [-0.4, -0.2) is 26.2 Å². The molecule has 0 fully saturated rings. The maximum atomic E-state index is 12.6. The molecule has 0 radical (unpaired) electrons. The lowest BCUT2D eigenvalue weighted by molar-refractivity contribution is -0.120. The number of aryl methyl sites for hydroxylation is 1. The van der Waals surface area contributed by atoms with Gasteiger partial charge in [0.25, 0.3) is 0 Å². The van der Waals surface area contributed by atoms with Gasteiger partial charge in [-0.3, -0.25) is 4.79 Å². The van der Waals surface area contributed by atoms with Crippen molar-refractivity contribution >= 4 is 39.4 Å². The van der Waals surface area contributed by atoms with Crippen LogP contribution in [0.3, 0.4) is 0 Å². The Morgan fingerprint density at radius 2 is 1.90 bits per heavy atom. The standard InChI is InChI=1S/C24H22ClNO5/c1-14-17-10-19-20(15-4-6-16(25)7-5-15)13-30-21(19)12-22(17)31-24(28)18(14)11-23(27)26-8-3-9-29-2/h4-7,10,12-13H,3,8-9,11H2,1-2H3,(H,26,27). The van der Waals surface area contributed by atoms with Crippen LogP contribution in [0.2, 0.25) is 5.02 Å². The zero-order chi connectivity index (χ0) is 22.0. The summed E-state index contributed by atoms with van der Waals surface area (Å²) in [4.78, 5) is 24.8. The lowest BCUT2D eigenvalue weighted by Gasteiger charge is -2.09. The number of ether oxygens (including phenoxy) is 1. The minimum absolute atomic E-state index is 0.0371. The number of carbonyl (C=O) groups excluding carboxylic acids is 1. The first-order chi connectivity index (χ1) is 15.0. The van der Waals surface area contributed by atoms with E-state index in [4.69, 9.17) is 25.2 Å². The molecule has 31 heavy (non-hydrogen) atoms. The molecule has 0 aliphatic carbocycles. The number of hydrogen-bond donors (Lipinski definition) is 1. The van der Waals surface area contributed by atoms with Crippen LogP contribution in [0.4, 0.5) is 0 Å². The average Bonchev–Trinajstić information content (AvgIpc) is 3.16. The SMILES string of the molecule is COCCCNC(=O)Cc1c(C)c2cc3c(-c4ccc(Cl)cc4)coc3cc2oc1=O. The molecule has 7 heteroatoms. The molecular formula is C24H22ClNO5. The molecule has 1 N–H and O–H groups in total. The van der Waals surface area contributed by atoms with E-state index < -0.39 is 5.63 Å². The highest BCUT2D eigenvalue weighted by molar-refractivity contribution is 6.30. The van der Waals surface area contributed by atoms with Crippen LogP contribution in [-0.2, 0) is 16.0 Å². The third-order valence-electron chi connectivity index (χ3n) is 5.32. The molecule has 0 spiro atoms. The van der Waals surface area contributed by atoms with Crippen molar-refractivity contribution in [2.24, 2.45) is 0 Å². The molecule has 0 unspecified atom stereocenters. The Kier molecular flexibility index (Phi) is 6.11. The monoisotopic (exact) mass is 439 g/mol. The van der Waals surface area contributed by atoms with Gasteiger partial charge >= 0.3 is 5.63 Å². The van der Waals surface area contributed by atoms with Crippen molar-refractivity contribution < 1.29 is 18.4 Å². The number of furan rings is 1. The van der Waals surface area contributed by atoms with Crippen molar-refractivity contribution in [1.29, 1.82) is 0 Å². The van der Waals surface area contributed by atoms with Crippen LogP contribution in [0.1, 0.15) is 17.5 Å². The van der Waals surface area contributed by atoms with E-state index >= 15 is 0 Å². The topological polar surface area (TPSA) is 81.7 Å². The molecule has 1 amide bonds. The van der Waals surface area contributed by atoms with E-state index in [1.54, 1.807) is 19.4 Å². The maximum absolute atomic E-state index is 12.6. The van der Waals surface area contributed by atoms with Crippen molar-refractivity contribution in [2.45, 2.75) is 19.8 Å². The highest BCUT2D eigenvalue weighted by Crippen LogP contribution is 2.35. The second-order valence-electron chi connectivity index (χ2n) is 7.37. The molecule has 4 aromatic rings. The fourth-order valence-corrected chi connectivity index (χ4v) is 3.76. The lowest BCUT2D eigenvalue weighted by Crippen LogP contribution is -2.29. The second-order valence-corrected chi connectivity index (χ2v) is 7.80. The number of benzene rings is 2. The number of nitrogens with one attached hydrogen (secondary N) is 1. The summed E-state index contributed by atoms with van der Waals surface area (Å²) in [5, 5.41) is 5.12. The zero-order valence-corrected chi connectivity index (χ0v) is 18.0. The molecule has 0 saturated heterocycles. The fraction of sp³-hybridized carbons (Fsp3) is 0.250. The van der Waals surface area contributed by atoms with E-state index in [9.17, 15) is 9.59 Å². The quantitative estimate of drug-likeness (QED) is 0.328. The van der Waals surface area contributed by atoms with Gasteiger partial charge in [-0.2, -0.15) is 0 Å². The first kappa shape index (κ1) is 21.2.